The summed E-state index contributed by atoms with van der Waals surface area (Å²) in [6.45, 7) is 4.08. The first kappa shape index (κ1) is 18.3. The van der Waals surface area contributed by atoms with Crippen molar-refractivity contribution < 1.29 is 29.1 Å². The molecule has 0 saturated carbocycles. The van der Waals surface area contributed by atoms with Crippen molar-refractivity contribution in [1.82, 2.24) is 0 Å². The molecular weight excluding hydrogens is 504 g/mol. The zero-order valence-corrected chi connectivity index (χ0v) is 17.0. The highest BCUT2D eigenvalue weighted by Gasteiger charge is 2.62. The van der Waals surface area contributed by atoms with E-state index < -0.39 is 15.1 Å². The zero-order valence-electron chi connectivity index (χ0n) is 12.6. The molecule has 0 amide bonds. The van der Waals surface area contributed by atoms with Gasteiger partial charge in [0.25, 0.3) is 0 Å². The van der Waals surface area contributed by atoms with Crippen molar-refractivity contribution in [3.63, 3.8) is 0 Å². The average Bonchev–Trinajstić information content (AvgIpc) is 2.39. The van der Waals surface area contributed by atoms with Gasteiger partial charge >= 0.3 is 0 Å². The summed E-state index contributed by atoms with van der Waals surface area (Å²) in [4.78, 5) is 23.3. The lowest BCUT2D eigenvalue weighted by Crippen LogP contribution is -2.69. The minimum Gasteiger partial charge on any atom is -0.386 e. The maximum atomic E-state index is 11.8. The van der Waals surface area contributed by atoms with Gasteiger partial charge in [-0.15, -0.1) is 0 Å². The van der Waals surface area contributed by atoms with Crippen LogP contribution in [0.1, 0.15) is 26.7 Å². The van der Waals surface area contributed by atoms with E-state index in [9.17, 15) is 9.90 Å². The van der Waals surface area contributed by atoms with Crippen LogP contribution in [0.5, 0.6) is 0 Å². The van der Waals surface area contributed by atoms with Gasteiger partial charge in [-0.3, -0.25) is 4.79 Å². The van der Waals surface area contributed by atoms with E-state index in [1.54, 1.807) is 43.6 Å². The van der Waals surface area contributed by atoms with Gasteiger partial charge in [0.2, 0.25) is 0 Å². The Morgan fingerprint density at radius 3 is 2.62 bits per heavy atom. The standard InChI is InChI=1S/C13H22I2NO5/c1-5-12(18)6-9-10(7-19-16(3,4)21-9)20-13(12,15)8(2)11(14)17/h8-10,18H,5-7H2,1-4H3/q+1/t8-,9-,10-,12+,13+/m1/s1. The van der Waals surface area contributed by atoms with Crippen LogP contribution < -0.4 is 0 Å². The van der Waals surface area contributed by atoms with E-state index in [1.165, 1.54) is 0 Å². The summed E-state index contributed by atoms with van der Waals surface area (Å²) in [6.07, 6.45) is 0.387. The van der Waals surface area contributed by atoms with E-state index in [1.807, 2.05) is 6.92 Å². The molecule has 2 heterocycles. The Hall–Kier alpha value is 0.930. The first-order chi connectivity index (χ1) is 9.55. The normalized spacial score (nSPS) is 44.0. The van der Waals surface area contributed by atoms with Crippen molar-refractivity contribution in [2.45, 2.75) is 48.1 Å². The molecule has 2 saturated heterocycles. The first-order valence-corrected chi connectivity index (χ1v) is 9.16. The van der Waals surface area contributed by atoms with Crippen LogP contribution in [-0.2, 0) is 19.2 Å². The van der Waals surface area contributed by atoms with Crippen molar-refractivity contribution in [2.24, 2.45) is 5.92 Å². The Labute approximate surface area is 152 Å². The molecule has 2 rings (SSSR count). The molecule has 0 spiro atoms. The number of fused-ring (bicyclic) bond motifs is 1. The first-order valence-electron chi connectivity index (χ1n) is 7.00. The fourth-order valence-electron chi connectivity index (χ4n) is 2.90. The summed E-state index contributed by atoms with van der Waals surface area (Å²) in [5.74, 6) is -0.422. The van der Waals surface area contributed by atoms with Gasteiger partial charge in [0.1, 0.15) is 32.4 Å². The van der Waals surface area contributed by atoms with E-state index in [0.29, 0.717) is 19.4 Å². The summed E-state index contributed by atoms with van der Waals surface area (Å²) in [6, 6.07) is 0. The van der Waals surface area contributed by atoms with E-state index in [2.05, 4.69) is 22.6 Å². The lowest BCUT2D eigenvalue weighted by atomic mass is 9.78. The summed E-state index contributed by atoms with van der Waals surface area (Å²) in [7, 11) is 3.59. The molecule has 0 bridgehead atoms. The molecule has 6 nitrogen and oxygen atoms in total. The highest BCUT2D eigenvalue weighted by Crippen LogP contribution is 2.51. The number of carbonyl (C=O) groups excluding carboxylic acids is 1. The van der Waals surface area contributed by atoms with Crippen LogP contribution in [0.4, 0.5) is 0 Å². The monoisotopic (exact) mass is 526 g/mol. The molecule has 2 aliphatic rings. The third-order valence-corrected chi connectivity index (χ3v) is 7.46. The Balaban J connectivity index is 2.31. The number of halogens is 2. The van der Waals surface area contributed by atoms with Gasteiger partial charge in [-0.1, -0.05) is 13.8 Å². The molecule has 21 heavy (non-hydrogen) atoms. The molecule has 0 aromatic rings. The molecule has 2 aliphatic heterocycles. The number of hydrogen-bond donors (Lipinski definition) is 1. The van der Waals surface area contributed by atoms with Crippen molar-refractivity contribution in [1.29, 1.82) is 0 Å². The maximum absolute atomic E-state index is 11.8. The second-order valence-corrected chi connectivity index (χ2v) is 8.77. The van der Waals surface area contributed by atoms with Crippen LogP contribution in [-0.4, -0.2) is 55.8 Å². The number of hydrogen-bond acceptors (Lipinski definition) is 5. The van der Waals surface area contributed by atoms with Gasteiger partial charge in [0, 0.05) is 6.42 Å². The molecule has 5 atom stereocenters. The summed E-state index contributed by atoms with van der Waals surface area (Å²) in [5, 5.41) is 11.1. The highest BCUT2D eigenvalue weighted by atomic mass is 127. The SMILES string of the molecule is CC[C@]1(O)C[C@H]2O[N+](C)(C)OC[C@H]2O[C@@]1(I)[C@H](C)C(=O)I. The Morgan fingerprint density at radius 2 is 2.10 bits per heavy atom. The Bertz CT molecular complexity index is 435. The molecule has 0 unspecified atom stereocenters. The average molecular weight is 526 g/mol. The van der Waals surface area contributed by atoms with Gasteiger partial charge in [-0.25, -0.2) is 0 Å². The minimum atomic E-state index is -1.12. The highest BCUT2D eigenvalue weighted by molar-refractivity contribution is 14.1. The van der Waals surface area contributed by atoms with Crippen molar-refractivity contribution in [3.8, 4) is 0 Å². The van der Waals surface area contributed by atoms with Gasteiger partial charge in [-0.05, 0) is 56.4 Å². The maximum Gasteiger partial charge on any atom is 0.198 e. The lowest BCUT2D eigenvalue weighted by molar-refractivity contribution is -1.23. The number of rotatable bonds is 3. The van der Waals surface area contributed by atoms with Crippen LogP contribution in [0.2, 0.25) is 0 Å². The second kappa shape index (κ2) is 6.10. The Kier molecular flexibility index (Phi) is 5.30. The van der Waals surface area contributed by atoms with E-state index in [4.69, 9.17) is 14.4 Å². The van der Waals surface area contributed by atoms with Gasteiger partial charge in [0.15, 0.2) is 13.5 Å². The molecule has 0 aliphatic carbocycles. The summed E-state index contributed by atoms with van der Waals surface area (Å²) < 4.78 is 5.15. The fourth-order valence-corrected chi connectivity index (χ4v) is 5.15. The second-order valence-electron chi connectivity index (χ2n) is 6.11. The van der Waals surface area contributed by atoms with Gasteiger partial charge in [0.05, 0.1) is 5.92 Å². The number of ether oxygens (including phenoxy) is 1. The van der Waals surface area contributed by atoms with Gasteiger partial charge in [-0.2, -0.15) is 9.68 Å². The van der Waals surface area contributed by atoms with Crippen LogP contribution in [0.25, 0.3) is 0 Å². The summed E-state index contributed by atoms with van der Waals surface area (Å²) >= 11 is 3.86. The van der Waals surface area contributed by atoms with E-state index >= 15 is 0 Å². The Morgan fingerprint density at radius 1 is 1.48 bits per heavy atom. The number of quaternary nitrogens is 1. The van der Waals surface area contributed by atoms with Crippen LogP contribution in [0.15, 0.2) is 0 Å². The number of hydroxylamine groups is 4. The topological polar surface area (TPSA) is 65.0 Å². The number of aliphatic hydroxyl groups is 1. The van der Waals surface area contributed by atoms with Crippen molar-refractivity contribution in [3.05, 3.63) is 0 Å². The van der Waals surface area contributed by atoms with Crippen LogP contribution >= 0.6 is 45.2 Å². The molecule has 0 aromatic heterocycles. The molecule has 2 fully saturated rings. The zero-order chi connectivity index (χ0) is 16.1. The van der Waals surface area contributed by atoms with Crippen molar-refractivity contribution in [2.75, 3.05) is 20.7 Å². The quantitative estimate of drug-likeness (QED) is 0.264. The molecule has 0 aromatic carbocycles. The predicted molar refractivity (Wildman–Crippen MR) is 92.6 cm³/mol. The number of alkyl halides is 1. The molecular formula is C13H22I2NO5+. The number of carbonyl (C=O) groups is 1. The van der Waals surface area contributed by atoms with E-state index in [-0.39, 0.29) is 20.8 Å². The smallest absolute Gasteiger partial charge is 0.198 e. The number of nitrogens with zero attached hydrogens (tertiary/aromatic N) is 1. The van der Waals surface area contributed by atoms with E-state index in [0.717, 1.165) is 0 Å². The predicted octanol–water partition coefficient (Wildman–Crippen LogP) is 1.97. The third kappa shape index (κ3) is 3.26. The van der Waals surface area contributed by atoms with Crippen molar-refractivity contribution >= 4 is 49.0 Å². The molecule has 122 valence electrons. The summed E-state index contributed by atoms with van der Waals surface area (Å²) in [5.41, 5.74) is -1.12. The van der Waals surface area contributed by atoms with Crippen LogP contribution in [0.3, 0.4) is 0 Å². The van der Waals surface area contributed by atoms with Gasteiger partial charge < -0.3 is 9.84 Å². The molecule has 1 N–H and O–H groups in total. The third-order valence-electron chi connectivity index (χ3n) is 4.33. The lowest BCUT2D eigenvalue weighted by Gasteiger charge is -2.54. The molecule has 0 radical (unpaired) electrons. The minimum absolute atomic E-state index is 0.0145. The fraction of sp³-hybridized carbons (Fsp3) is 0.923. The van der Waals surface area contributed by atoms with Crippen LogP contribution in [0, 0.1) is 5.92 Å². The largest absolute Gasteiger partial charge is 0.386 e. The molecule has 8 heteroatoms.